The average Bonchev–Trinajstić information content (AvgIpc) is 2.41. The second kappa shape index (κ2) is 6.58. The molecule has 1 aliphatic rings. The lowest BCUT2D eigenvalue weighted by molar-refractivity contribution is 0.102. The first-order chi connectivity index (χ1) is 9.76. The van der Waals surface area contributed by atoms with Crippen LogP contribution in [0.2, 0.25) is 0 Å². The summed E-state index contributed by atoms with van der Waals surface area (Å²) in [5, 5.41) is 0. The zero-order valence-corrected chi connectivity index (χ0v) is 15.5. The normalized spacial score (nSPS) is 26.9. The summed E-state index contributed by atoms with van der Waals surface area (Å²) in [6.07, 6.45) is 5.77. The fourth-order valence-electron chi connectivity index (χ4n) is 3.52. The van der Waals surface area contributed by atoms with E-state index in [4.69, 9.17) is 11.6 Å². The van der Waals surface area contributed by atoms with E-state index in [1.165, 1.54) is 31.2 Å². The third kappa shape index (κ3) is 4.22. The van der Waals surface area contributed by atoms with Gasteiger partial charge in [0.05, 0.1) is 0 Å². The van der Waals surface area contributed by atoms with E-state index in [1.807, 2.05) is 6.07 Å². The summed E-state index contributed by atoms with van der Waals surface area (Å²) < 4.78 is 14.1. The highest BCUT2D eigenvalue weighted by Crippen LogP contribution is 2.47. The molecule has 1 aliphatic carbocycles. The lowest BCUT2D eigenvalue weighted by atomic mass is 9.63. The maximum absolute atomic E-state index is 13.2. The maximum Gasteiger partial charge on any atom is 0.124 e. The Labute approximate surface area is 141 Å². The highest BCUT2D eigenvalue weighted by Gasteiger charge is 2.38. The topological polar surface area (TPSA) is 0 Å². The zero-order valence-electron chi connectivity index (χ0n) is 13.2. The van der Waals surface area contributed by atoms with Gasteiger partial charge in [-0.2, -0.15) is 0 Å². The number of benzene rings is 1. The van der Waals surface area contributed by atoms with E-state index >= 15 is 0 Å². The van der Waals surface area contributed by atoms with Crippen LogP contribution in [0.4, 0.5) is 4.39 Å². The van der Waals surface area contributed by atoms with E-state index < -0.39 is 0 Å². The van der Waals surface area contributed by atoms with Crippen LogP contribution in [0.25, 0.3) is 0 Å². The first kappa shape index (κ1) is 17.3. The molecule has 3 heteroatoms. The molecule has 0 saturated heterocycles. The molecule has 0 N–H and O–H groups in total. The minimum absolute atomic E-state index is 0.170. The Kier molecular flexibility index (Phi) is 5.41. The van der Waals surface area contributed by atoms with Crippen LogP contribution in [-0.4, -0.2) is 5.88 Å². The van der Waals surface area contributed by atoms with Crippen LogP contribution >= 0.6 is 27.5 Å². The Morgan fingerprint density at radius 1 is 1.29 bits per heavy atom. The molecule has 0 heterocycles. The van der Waals surface area contributed by atoms with Crippen LogP contribution in [0, 0.1) is 22.6 Å². The quantitative estimate of drug-likeness (QED) is 0.523. The van der Waals surface area contributed by atoms with Crippen molar-refractivity contribution in [2.75, 3.05) is 5.88 Å². The molecule has 0 nitrogen and oxygen atoms in total. The zero-order chi connectivity index (χ0) is 15.7. The number of hydrogen-bond donors (Lipinski definition) is 0. The van der Waals surface area contributed by atoms with Gasteiger partial charge < -0.3 is 0 Å². The molecule has 0 amide bonds. The Morgan fingerprint density at radius 2 is 1.90 bits per heavy atom. The molecule has 0 radical (unpaired) electrons. The van der Waals surface area contributed by atoms with Crippen LogP contribution in [0.1, 0.15) is 52.0 Å². The fraction of sp³-hybridized carbons (Fsp3) is 0.667. The minimum atomic E-state index is -0.193. The molecule has 118 valence electrons. The molecular weight excluding hydrogens is 351 g/mol. The first-order valence-corrected chi connectivity index (χ1v) is 9.08. The summed E-state index contributed by atoms with van der Waals surface area (Å²) in [5.74, 6) is 1.28. The standard InChI is InChI=1S/C18H25BrClF/c1-17(2,3)14-6-8-18(12-20,9-7-14)11-13-4-5-15(21)10-16(13)19/h4-5,10,14H,6-9,11-12H2,1-3H3. The summed E-state index contributed by atoms with van der Waals surface area (Å²) in [5.41, 5.74) is 1.73. The fourth-order valence-corrected chi connectivity index (χ4v) is 4.38. The molecule has 1 saturated carbocycles. The van der Waals surface area contributed by atoms with Crippen molar-refractivity contribution in [2.24, 2.45) is 16.7 Å². The summed E-state index contributed by atoms with van der Waals surface area (Å²) in [4.78, 5) is 0. The molecule has 0 atom stereocenters. The molecule has 0 unspecified atom stereocenters. The van der Waals surface area contributed by atoms with Crippen molar-refractivity contribution in [1.82, 2.24) is 0 Å². The molecular formula is C18H25BrClF. The molecule has 2 rings (SSSR count). The van der Waals surface area contributed by atoms with Gasteiger partial charge in [0.25, 0.3) is 0 Å². The van der Waals surface area contributed by atoms with Crippen LogP contribution in [0.15, 0.2) is 22.7 Å². The van der Waals surface area contributed by atoms with Gasteiger partial charge >= 0.3 is 0 Å². The highest BCUT2D eigenvalue weighted by molar-refractivity contribution is 9.10. The Morgan fingerprint density at radius 3 is 2.38 bits per heavy atom. The van der Waals surface area contributed by atoms with E-state index in [9.17, 15) is 4.39 Å². The number of halogens is 3. The molecule has 1 fully saturated rings. The van der Waals surface area contributed by atoms with E-state index in [0.717, 1.165) is 16.8 Å². The smallest absolute Gasteiger partial charge is 0.124 e. The molecule has 21 heavy (non-hydrogen) atoms. The van der Waals surface area contributed by atoms with Gasteiger partial charge in [0, 0.05) is 10.4 Å². The molecule has 0 aromatic heterocycles. The second-order valence-electron chi connectivity index (χ2n) is 7.69. The molecule has 1 aromatic carbocycles. The monoisotopic (exact) mass is 374 g/mol. The van der Waals surface area contributed by atoms with Crippen LogP contribution < -0.4 is 0 Å². The summed E-state index contributed by atoms with van der Waals surface area (Å²) >= 11 is 9.83. The Hall–Kier alpha value is -0.0800. The largest absolute Gasteiger partial charge is 0.207 e. The van der Waals surface area contributed by atoms with Gasteiger partial charge in [0.15, 0.2) is 0 Å². The second-order valence-corrected chi connectivity index (χ2v) is 8.81. The van der Waals surface area contributed by atoms with E-state index in [2.05, 4.69) is 36.7 Å². The number of hydrogen-bond acceptors (Lipinski definition) is 0. The van der Waals surface area contributed by atoms with Crippen molar-refractivity contribution >= 4 is 27.5 Å². The SMILES string of the molecule is CC(C)(C)C1CCC(CCl)(Cc2ccc(F)cc2Br)CC1. The van der Waals surface area contributed by atoms with Crippen molar-refractivity contribution in [3.05, 3.63) is 34.1 Å². The predicted molar refractivity (Wildman–Crippen MR) is 92.4 cm³/mol. The molecule has 1 aromatic rings. The van der Waals surface area contributed by atoms with Crippen molar-refractivity contribution in [3.63, 3.8) is 0 Å². The maximum atomic E-state index is 13.2. The minimum Gasteiger partial charge on any atom is -0.207 e. The van der Waals surface area contributed by atoms with Crippen molar-refractivity contribution in [3.8, 4) is 0 Å². The van der Waals surface area contributed by atoms with Crippen molar-refractivity contribution in [1.29, 1.82) is 0 Å². The van der Waals surface area contributed by atoms with Crippen LogP contribution in [0.5, 0.6) is 0 Å². The third-order valence-electron chi connectivity index (χ3n) is 5.14. The van der Waals surface area contributed by atoms with E-state index in [0.29, 0.717) is 11.3 Å². The van der Waals surface area contributed by atoms with Gasteiger partial charge in [-0.25, -0.2) is 4.39 Å². The van der Waals surface area contributed by atoms with Gasteiger partial charge in [0.1, 0.15) is 5.82 Å². The number of alkyl halides is 1. The van der Waals surface area contributed by atoms with Crippen LogP contribution in [-0.2, 0) is 6.42 Å². The van der Waals surface area contributed by atoms with Gasteiger partial charge in [-0.05, 0) is 66.5 Å². The molecule has 0 spiro atoms. The Bertz CT molecular complexity index is 484. The van der Waals surface area contributed by atoms with Crippen molar-refractivity contribution in [2.45, 2.75) is 52.9 Å². The molecule has 0 aliphatic heterocycles. The lowest BCUT2D eigenvalue weighted by Gasteiger charge is -2.43. The van der Waals surface area contributed by atoms with Gasteiger partial charge in [-0.15, -0.1) is 11.6 Å². The van der Waals surface area contributed by atoms with E-state index in [1.54, 1.807) is 12.1 Å². The average molecular weight is 376 g/mol. The highest BCUT2D eigenvalue weighted by atomic mass is 79.9. The van der Waals surface area contributed by atoms with E-state index in [-0.39, 0.29) is 11.2 Å². The van der Waals surface area contributed by atoms with Crippen LogP contribution in [0.3, 0.4) is 0 Å². The third-order valence-corrected chi connectivity index (χ3v) is 6.44. The molecule has 0 bridgehead atoms. The lowest BCUT2D eigenvalue weighted by Crippen LogP contribution is -2.35. The van der Waals surface area contributed by atoms with Gasteiger partial charge in [-0.1, -0.05) is 42.8 Å². The Balaban J connectivity index is 2.10. The first-order valence-electron chi connectivity index (χ1n) is 7.76. The van der Waals surface area contributed by atoms with Gasteiger partial charge in [-0.3, -0.25) is 0 Å². The van der Waals surface area contributed by atoms with Gasteiger partial charge in [0.2, 0.25) is 0 Å². The summed E-state index contributed by atoms with van der Waals surface area (Å²) in [7, 11) is 0. The predicted octanol–water partition coefficient (Wildman–Crippen LogP) is 6.59. The summed E-state index contributed by atoms with van der Waals surface area (Å²) in [6.45, 7) is 7.01. The summed E-state index contributed by atoms with van der Waals surface area (Å²) in [6, 6.07) is 4.99. The van der Waals surface area contributed by atoms with Crippen molar-refractivity contribution < 1.29 is 4.39 Å². The number of rotatable bonds is 3.